The van der Waals surface area contributed by atoms with E-state index >= 15 is 0 Å². The van der Waals surface area contributed by atoms with Gasteiger partial charge in [-0.1, -0.05) is 30.9 Å². The van der Waals surface area contributed by atoms with Crippen molar-refractivity contribution in [3.8, 4) is 5.75 Å². The minimum absolute atomic E-state index is 0.249. The number of rotatable bonds is 8. The lowest BCUT2D eigenvalue weighted by Gasteiger charge is -2.30. The zero-order chi connectivity index (χ0) is 21.2. The first kappa shape index (κ1) is 20.6. The van der Waals surface area contributed by atoms with E-state index < -0.39 is 6.36 Å². The van der Waals surface area contributed by atoms with Crippen molar-refractivity contribution in [1.29, 1.82) is 0 Å². The Labute approximate surface area is 169 Å². The molecule has 2 aliphatic rings. The molecule has 0 spiro atoms. The molecule has 2 nitrogen and oxygen atoms in total. The van der Waals surface area contributed by atoms with Gasteiger partial charge in [0.15, 0.2) is 0 Å². The van der Waals surface area contributed by atoms with Gasteiger partial charge in [0, 0.05) is 29.8 Å². The van der Waals surface area contributed by atoms with Gasteiger partial charge in [-0.25, -0.2) is 0 Å². The number of fused-ring (bicyclic) bond motifs is 1. The Morgan fingerprint density at radius 1 is 1.17 bits per heavy atom. The van der Waals surface area contributed by atoms with Gasteiger partial charge in [-0.3, -0.25) is 0 Å². The lowest BCUT2D eigenvalue weighted by molar-refractivity contribution is -0.274. The number of anilines is 1. The van der Waals surface area contributed by atoms with Gasteiger partial charge in [0.05, 0.1) is 5.70 Å². The highest BCUT2D eigenvalue weighted by Crippen LogP contribution is 2.49. The molecule has 0 heterocycles. The molecule has 150 valence electrons. The topological polar surface area (TPSA) is 12.5 Å². The summed E-state index contributed by atoms with van der Waals surface area (Å²) in [6, 6.07) is 5.85. The highest BCUT2D eigenvalue weighted by Gasteiger charge is 2.36. The third-order valence-corrected chi connectivity index (χ3v) is 4.84. The molecule has 0 saturated carbocycles. The molecule has 1 unspecified atom stereocenters. The third kappa shape index (κ3) is 4.47. The van der Waals surface area contributed by atoms with Crippen LogP contribution in [0.3, 0.4) is 0 Å². The average Bonchev–Trinajstić information content (AvgIpc) is 3.43. The van der Waals surface area contributed by atoms with E-state index in [4.69, 9.17) is 0 Å². The SMILES string of the molecule is C=C=C(CC=C)C1=C(N(C)c2ccc(OC(F)(F)F)cc2)C2=CC2C=C1CC=C. The summed E-state index contributed by atoms with van der Waals surface area (Å²) in [4.78, 5) is 1.98. The van der Waals surface area contributed by atoms with Crippen LogP contribution in [-0.2, 0) is 0 Å². The van der Waals surface area contributed by atoms with E-state index in [1.807, 2.05) is 18.0 Å². The molecular formula is C24H22F3NO. The van der Waals surface area contributed by atoms with Crippen molar-refractivity contribution in [2.75, 3.05) is 11.9 Å². The molecule has 0 radical (unpaired) electrons. The van der Waals surface area contributed by atoms with Crippen LogP contribution in [0.5, 0.6) is 5.75 Å². The standard InChI is InChI=1S/C24H22F3NO/c1-5-8-16(7-3)22-17(9-6-2)14-18-15-21(18)23(22)28(4)19-10-12-20(13-11-19)29-24(25,26)27/h5-6,10-15,18H,1-3,8-9H2,4H3. The second kappa shape index (κ2) is 8.06. The molecule has 3 rings (SSSR count). The lowest BCUT2D eigenvalue weighted by atomic mass is 9.86. The van der Waals surface area contributed by atoms with Gasteiger partial charge in [-0.15, -0.1) is 32.1 Å². The molecular weight excluding hydrogens is 375 g/mol. The summed E-state index contributed by atoms with van der Waals surface area (Å²) in [5, 5.41) is 0. The molecule has 0 aromatic heterocycles. The average molecular weight is 397 g/mol. The summed E-state index contributed by atoms with van der Waals surface area (Å²) < 4.78 is 41.3. The monoisotopic (exact) mass is 397 g/mol. The maximum Gasteiger partial charge on any atom is 0.573 e. The molecule has 0 saturated heterocycles. The van der Waals surface area contributed by atoms with Crippen molar-refractivity contribution in [2.45, 2.75) is 19.2 Å². The largest absolute Gasteiger partial charge is 0.573 e. The van der Waals surface area contributed by atoms with Gasteiger partial charge < -0.3 is 9.64 Å². The Morgan fingerprint density at radius 3 is 2.41 bits per heavy atom. The van der Waals surface area contributed by atoms with Gasteiger partial charge in [0.2, 0.25) is 0 Å². The van der Waals surface area contributed by atoms with Gasteiger partial charge >= 0.3 is 6.36 Å². The second-order valence-electron chi connectivity index (χ2n) is 6.80. The summed E-state index contributed by atoms with van der Waals surface area (Å²) in [5.41, 5.74) is 9.06. The summed E-state index contributed by atoms with van der Waals surface area (Å²) in [6.07, 6.45) is 4.64. The third-order valence-electron chi connectivity index (χ3n) is 4.84. The highest BCUT2D eigenvalue weighted by molar-refractivity contribution is 5.72. The summed E-state index contributed by atoms with van der Waals surface area (Å²) in [7, 11) is 1.90. The van der Waals surface area contributed by atoms with Crippen LogP contribution in [0.25, 0.3) is 0 Å². The van der Waals surface area contributed by atoms with E-state index in [1.165, 1.54) is 17.7 Å². The second-order valence-corrected chi connectivity index (χ2v) is 6.80. The first-order chi connectivity index (χ1) is 13.8. The molecule has 29 heavy (non-hydrogen) atoms. The van der Waals surface area contributed by atoms with Crippen molar-refractivity contribution >= 4 is 5.69 Å². The molecule has 1 aromatic carbocycles. The number of likely N-dealkylation sites (N-methyl/N-ethyl adjacent to an activating group) is 1. The zero-order valence-corrected chi connectivity index (χ0v) is 16.2. The van der Waals surface area contributed by atoms with Gasteiger partial charge in [-0.05, 0) is 48.3 Å². The minimum atomic E-state index is -4.71. The number of halogens is 3. The Kier molecular flexibility index (Phi) is 5.71. The maximum absolute atomic E-state index is 12.4. The molecule has 0 fully saturated rings. The van der Waals surface area contributed by atoms with Crippen molar-refractivity contribution in [3.63, 3.8) is 0 Å². The quantitative estimate of drug-likeness (QED) is 0.360. The number of hydrogen-bond acceptors (Lipinski definition) is 2. The molecule has 0 bridgehead atoms. The van der Waals surface area contributed by atoms with Crippen LogP contribution in [-0.4, -0.2) is 13.4 Å². The van der Waals surface area contributed by atoms with Crippen LogP contribution in [0.2, 0.25) is 0 Å². The molecule has 0 amide bonds. The number of allylic oxidation sites excluding steroid dienone is 8. The predicted molar refractivity (Wildman–Crippen MR) is 110 cm³/mol. The number of nitrogens with zero attached hydrogens (tertiary/aromatic N) is 1. The van der Waals surface area contributed by atoms with E-state index in [9.17, 15) is 13.2 Å². The van der Waals surface area contributed by atoms with Crippen molar-refractivity contribution in [3.05, 3.63) is 102 Å². The van der Waals surface area contributed by atoms with Crippen LogP contribution in [0.15, 0.2) is 102 Å². The lowest BCUT2D eigenvalue weighted by Crippen LogP contribution is -2.22. The molecule has 5 heteroatoms. The number of benzene rings is 1. The fraction of sp³-hybridized carbons (Fsp3) is 0.208. The molecule has 0 aliphatic heterocycles. The van der Waals surface area contributed by atoms with Crippen molar-refractivity contribution in [2.24, 2.45) is 5.92 Å². The van der Waals surface area contributed by atoms with Crippen molar-refractivity contribution in [1.82, 2.24) is 0 Å². The van der Waals surface area contributed by atoms with Crippen LogP contribution in [0.4, 0.5) is 18.9 Å². The maximum atomic E-state index is 12.4. The number of ether oxygens (including phenoxy) is 1. The van der Waals surface area contributed by atoms with E-state index in [1.54, 1.807) is 18.2 Å². The molecule has 2 aliphatic carbocycles. The van der Waals surface area contributed by atoms with Crippen molar-refractivity contribution < 1.29 is 17.9 Å². The van der Waals surface area contributed by atoms with Gasteiger partial charge in [0.1, 0.15) is 5.75 Å². The summed E-state index contributed by atoms with van der Waals surface area (Å²) in [5.74, 6) is 0.0235. The van der Waals surface area contributed by atoms with Crippen LogP contribution in [0.1, 0.15) is 12.8 Å². The molecule has 1 atom stereocenters. The van der Waals surface area contributed by atoms with Gasteiger partial charge in [-0.2, -0.15) is 0 Å². The van der Waals surface area contributed by atoms with E-state index in [0.717, 1.165) is 28.1 Å². The summed E-state index contributed by atoms with van der Waals surface area (Å²) >= 11 is 0. The number of alkyl halides is 3. The Bertz CT molecular complexity index is 970. The fourth-order valence-electron chi connectivity index (χ4n) is 3.55. The Hall–Kier alpha value is -3.17. The minimum Gasteiger partial charge on any atom is -0.406 e. The van der Waals surface area contributed by atoms with Crippen LogP contribution in [0, 0.1) is 5.92 Å². The number of hydrogen-bond donors (Lipinski definition) is 0. The first-order valence-electron chi connectivity index (χ1n) is 9.17. The smallest absolute Gasteiger partial charge is 0.406 e. The first-order valence-corrected chi connectivity index (χ1v) is 9.17. The zero-order valence-electron chi connectivity index (χ0n) is 16.2. The van der Waals surface area contributed by atoms with Crippen LogP contribution < -0.4 is 9.64 Å². The highest BCUT2D eigenvalue weighted by atomic mass is 19.4. The normalized spacial score (nSPS) is 17.4. The van der Waals surface area contributed by atoms with E-state index in [0.29, 0.717) is 12.8 Å². The fourth-order valence-corrected chi connectivity index (χ4v) is 3.55. The van der Waals surface area contributed by atoms with Crippen LogP contribution >= 0.6 is 0 Å². The predicted octanol–water partition coefficient (Wildman–Crippen LogP) is 6.64. The van der Waals surface area contributed by atoms with E-state index in [-0.39, 0.29) is 11.7 Å². The Balaban J connectivity index is 2.03. The molecule has 0 N–H and O–H groups in total. The molecule has 1 aromatic rings. The summed E-state index contributed by atoms with van der Waals surface area (Å²) in [6.45, 7) is 11.5. The van der Waals surface area contributed by atoms with Gasteiger partial charge in [0.25, 0.3) is 0 Å². The Morgan fingerprint density at radius 2 is 1.86 bits per heavy atom. The van der Waals surface area contributed by atoms with E-state index in [2.05, 4.69) is 42.4 Å².